The van der Waals surface area contributed by atoms with Crippen LogP contribution in [0.3, 0.4) is 0 Å². The molecule has 1 aromatic heterocycles. The normalized spacial score (nSPS) is 15.5. The quantitative estimate of drug-likeness (QED) is 0.389. The molecule has 0 aliphatic carbocycles. The van der Waals surface area contributed by atoms with Crippen LogP contribution in [0, 0.1) is 0 Å². The molecule has 5 rings (SSSR count). The van der Waals surface area contributed by atoms with Crippen molar-refractivity contribution in [1.82, 2.24) is 4.57 Å². The predicted molar refractivity (Wildman–Crippen MR) is 109 cm³/mol. The van der Waals surface area contributed by atoms with Crippen molar-refractivity contribution >= 4 is 28.5 Å². The summed E-state index contributed by atoms with van der Waals surface area (Å²) >= 11 is 0. The van der Waals surface area contributed by atoms with Crippen LogP contribution in [0.5, 0.6) is 5.88 Å². The van der Waals surface area contributed by atoms with Gasteiger partial charge in [-0.25, -0.2) is 4.79 Å². The van der Waals surface area contributed by atoms with E-state index >= 15 is 0 Å². The summed E-state index contributed by atoms with van der Waals surface area (Å²) in [6.07, 6.45) is -0.840. The number of nitrogens with zero attached hydrogens (tertiary/aromatic N) is 3. The number of benzene rings is 3. The van der Waals surface area contributed by atoms with Crippen LogP contribution >= 0.6 is 0 Å². The minimum Gasteiger partial charge on any atom is -0.493 e. The van der Waals surface area contributed by atoms with Crippen LogP contribution in [0.4, 0.5) is 5.69 Å². The van der Waals surface area contributed by atoms with Crippen LogP contribution in [0.15, 0.2) is 89.1 Å². The van der Waals surface area contributed by atoms with Gasteiger partial charge < -0.3 is 9.84 Å². The highest BCUT2D eigenvalue weighted by Crippen LogP contribution is 2.44. The van der Waals surface area contributed by atoms with Crippen LogP contribution in [0.25, 0.3) is 10.9 Å². The molecule has 0 bridgehead atoms. The van der Waals surface area contributed by atoms with Crippen LogP contribution < -0.4 is 0 Å². The van der Waals surface area contributed by atoms with E-state index < -0.39 is 18.1 Å². The van der Waals surface area contributed by atoms with Crippen molar-refractivity contribution in [1.29, 1.82) is 0 Å². The van der Waals surface area contributed by atoms with Gasteiger partial charge >= 0.3 is 5.97 Å². The Kier molecular flexibility index (Phi) is 4.14. The van der Waals surface area contributed by atoms with Crippen LogP contribution in [-0.2, 0) is 4.74 Å². The average molecular weight is 397 g/mol. The van der Waals surface area contributed by atoms with Crippen molar-refractivity contribution in [2.24, 2.45) is 10.2 Å². The van der Waals surface area contributed by atoms with E-state index in [0.29, 0.717) is 27.6 Å². The minimum absolute atomic E-state index is 0.135. The van der Waals surface area contributed by atoms with E-state index in [1.165, 1.54) is 4.57 Å². The maximum atomic E-state index is 12.3. The molecule has 1 N–H and O–H groups in total. The van der Waals surface area contributed by atoms with Gasteiger partial charge in [0, 0.05) is 16.5 Å². The number of fused-ring (bicyclic) bond motifs is 2. The summed E-state index contributed by atoms with van der Waals surface area (Å²) in [6, 6.07) is 22.7. The number of para-hydroxylation sites is 1. The first-order valence-electron chi connectivity index (χ1n) is 9.28. The molecule has 0 saturated heterocycles. The van der Waals surface area contributed by atoms with Crippen molar-refractivity contribution in [2.45, 2.75) is 6.23 Å². The fraction of sp³-hybridized carbons (Fsp3) is 0.0435. The Morgan fingerprint density at radius 3 is 2.47 bits per heavy atom. The smallest absolute Gasteiger partial charge is 0.340 e. The van der Waals surface area contributed by atoms with E-state index in [9.17, 15) is 14.7 Å². The van der Waals surface area contributed by atoms with E-state index in [-0.39, 0.29) is 11.6 Å². The summed E-state index contributed by atoms with van der Waals surface area (Å²) in [6.45, 7) is 0. The SMILES string of the molecule is O=C(N=Nc1c(O)n([C@H]2OC(=O)c3ccccc32)c2ccccc12)c1ccccc1. The van der Waals surface area contributed by atoms with Gasteiger partial charge in [-0.1, -0.05) is 54.6 Å². The molecule has 1 atom stereocenters. The summed E-state index contributed by atoms with van der Waals surface area (Å²) in [5.41, 5.74) is 2.22. The first kappa shape index (κ1) is 17.8. The molecular formula is C23H15N3O4. The molecule has 0 fully saturated rings. The van der Waals surface area contributed by atoms with Gasteiger partial charge in [0.15, 0.2) is 5.69 Å². The first-order valence-corrected chi connectivity index (χ1v) is 9.28. The van der Waals surface area contributed by atoms with Crippen LogP contribution in [0.1, 0.15) is 32.5 Å². The highest BCUT2D eigenvalue weighted by Gasteiger charge is 2.35. The standard InChI is InChI=1S/C23H15N3O4/c27-20(14-8-2-1-3-9-14)25-24-19-17-12-6-7-13-18(17)26(21(19)28)22-15-10-4-5-11-16(15)23(29)30-22/h1-13,22,28H/t22-/m0/s1. The molecule has 0 unspecified atom stereocenters. The topological polar surface area (TPSA) is 93.2 Å². The Balaban J connectivity index is 1.62. The number of aromatic nitrogens is 1. The molecule has 4 aromatic rings. The Morgan fingerprint density at radius 2 is 1.63 bits per heavy atom. The summed E-state index contributed by atoms with van der Waals surface area (Å²) in [5, 5.41) is 19.4. The molecule has 30 heavy (non-hydrogen) atoms. The van der Waals surface area contributed by atoms with E-state index in [1.807, 2.05) is 0 Å². The number of azo groups is 1. The van der Waals surface area contributed by atoms with Gasteiger partial charge in [-0.05, 0) is 24.3 Å². The van der Waals surface area contributed by atoms with Crippen molar-refractivity contribution in [3.05, 3.63) is 95.6 Å². The van der Waals surface area contributed by atoms with Crippen molar-refractivity contribution in [3.63, 3.8) is 0 Å². The number of cyclic esters (lactones) is 1. The zero-order valence-electron chi connectivity index (χ0n) is 15.6. The largest absolute Gasteiger partial charge is 0.493 e. The molecule has 0 spiro atoms. The van der Waals surface area contributed by atoms with Gasteiger partial charge in [0.05, 0.1) is 11.1 Å². The third-order valence-corrected chi connectivity index (χ3v) is 5.02. The highest BCUT2D eigenvalue weighted by atomic mass is 16.6. The van der Waals surface area contributed by atoms with Crippen LogP contribution in [-0.4, -0.2) is 21.6 Å². The Hall–Kier alpha value is -4.26. The van der Waals surface area contributed by atoms with Gasteiger partial charge in [0.2, 0.25) is 12.1 Å². The first-order chi connectivity index (χ1) is 14.6. The Bertz CT molecular complexity index is 1330. The Labute approximate surface area is 170 Å². The number of aromatic hydroxyl groups is 1. The number of hydrogen-bond donors (Lipinski definition) is 1. The maximum absolute atomic E-state index is 12.3. The second kappa shape index (κ2) is 6.97. The second-order valence-corrected chi connectivity index (χ2v) is 6.78. The van der Waals surface area contributed by atoms with Gasteiger partial charge in [-0.2, -0.15) is 0 Å². The van der Waals surface area contributed by atoms with Crippen molar-refractivity contribution in [3.8, 4) is 5.88 Å². The zero-order valence-corrected chi connectivity index (χ0v) is 15.6. The lowest BCUT2D eigenvalue weighted by Gasteiger charge is -2.15. The monoisotopic (exact) mass is 397 g/mol. The highest BCUT2D eigenvalue weighted by molar-refractivity contribution is 5.98. The zero-order chi connectivity index (χ0) is 20.7. The molecular weight excluding hydrogens is 382 g/mol. The molecule has 3 aromatic carbocycles. The molecule has 0 saturated carbocycles. The molecule has 0 radical (unpaired) electrons. The summed E-state index contributed by atoms with van der Waals surface area (Å²) < 4.78 is 7.03. The van der Waals surface area contributed by atoms with E-state index in [1.54, 1.807) is 78.9 Å². The summed E-state index contributed by atoms with van der Waals surface area (Å²) in [7, 11) is 0. The van der Waals surface area contributed by atoms with Gasteiger partial charge in [-0.3, -0.25) is 9.36 Å². The maximum Gasteiger partial charge on any atom is 0.340 e. The fourth-order valence-corrected chi connectivity index (χ4v) is 3.62. The fourth-order valence-electron chi connectivity index (χ4n) is 3.62. The summed E-state index contributed by atoms with van der Waals surface area (Å²) in [4.78, 5) is 24.6. The van der Waals surface area contributed by atoms with Gasteiger partial charge in [0.1, 0.15) is 0 Å². The molecule has 7 heteroatoms. The minimum atomic E-state index is -0.840. The number of carbonyl (C=O) groups is 2. The molecule has 1 amide bonds. The number of amides is 1. The van der Waals surface area contributed by atoms with Gasteiger partial charge in [0.25, 0.3) is 5.91 Å². The lowest BCUT2D eigenvalue weighted by molar-refractivity contribution is 0.0318. The Morgan fingerprint density at radius 1 is 0.933 bits per heavy atom. The van der Waals surface area contributed by atoms with Crippen LogP contribution in [0.2, 0.25) is 0 Å². The van der Waals surface area contributed by atoms with Crippen molar-refractivity contribution < 1.29 is 19.4 Å². The number of esters is 1. The molecule has 146 valence electrons. The lowest BCUT2D eigenvalue weighted by Crippen LogP contribution is -2.09. The summed E-state index contributed by atoms with van der Waals surface area (Å²) in [5.74, 6) is -1.23. The van der Waals surface area contributed by atoms with E-state index in [2.05, 4.69) is 10.2 Å². The third kappa shape index (κ3) is 2.76. The molecule has 1 aliphatic rings. The average Bonchev–Trinajstić information content (AvgIpc) is 3.26. The van der Waals surface area contributed by atoms with E-state index in [0.717, 1.165) is 0 Å². The lowest BCUT2D eigenvalue weighted by atomic mass is 10.1. The predicted octanol–water partition coefficient (Wildman–Crippen LogP) is 4.99. The van der Waals surface area contributed by atoms with Gasteiger partial charge in [-0.15, -0.1) is 10.2 Å². The van der Waals surface area contributed by atoms with Crippen molar-refractivity contribution in [2.75, 3.05) is 0 Å². The number of carbonyl (C=O) groups excluding carboxylic acids is 2. The molecule has 2 heterocycles. The number of ether oxygens (including phenoxy) is 1. The number of rotatable bonds is 3. The molecule has 7 nitrogen and oxygen atoms in total. The molecule has 1 aliphatic heterocycles. The van der Waals surface area contributed by atoms with E-state index in [4.69, 9.17) is 4.74 Å². The third-order valence-electron chi connectivity index (χ3n) is 5.02. The number of hydrogen-bond acceptors (Lipinski definition) is 5. The second-order valence-electron chi connectivity index (χ2n) is 6.78.